The van der Waals surface area contributed by atoms with Crippen molar-refractivity contribution in [1.29, 1.82) is 0 Å². The molecule has 1 aliphatic carbocycles. The van der Waals surface area contributed by atoms with E-state index in [0.717, 1.165) is 24.9 Å². The predicted molar refractivity (Wildman–Crippen MR) is 96.9 cm³/mol. The number of rotatable bonds is 6. The Labute approximate surface area is 145 Å². The molecule has 0 spiro atoms. The van der Waals surface area contributed by atoms with E-state index in [1.165, 1.54) is 12.8 Å². The van der Waals surface area contributed by atoms with E-state index in [1.807, 2.05) is 24.3 Å². The molecule has 0 aliphatic heterocycles. The molecule has 1 atom stereocenters. The molecule has 1 aromatic carbocycles. The van der Waals surface area contributed by atoms with Gasteiger partial charge in [0, 0.05) is 17.1 Å². The second kappa shape index (κ2) is 7.67. The zero-order valence-corrected chi connectivity index (χ0v) is 15.5. The fourth-order valence-electron chi connectivity index (χ4n) is 3.69. The predicted octanol–water partition coefficient (Wildman–Crippen LogP) is 4.07. The van der Waals surface area contributed by atoms with Gasteiger partial charge in [-0.15, -0.1) is 0 Å². The second-order valence-corrected chi connectivity index (χ2v) is 7.75. The lowest BCUT2D eigenvalue weighted by molar-refractivity contribution is -0.124. The van der Waals surface area contributed by atoms with Crippen LogP contribution in [-0.2, 0) is 4.79 Å². The van der Waals surface area contributed by atoms with Crippen LogP contribution in [0, 0.1) is 5.92 Å². The fourth-order valence-corrected chi connectivity index (χ4v) is 3.81. The Morgan fingerprint density at radius 3 is 2.26 bits per heavy atom. The van der Waals surface area contributed by atoms with Crippen molar-refractivity contribution in [3.63, 3.8) is 0 Å². The minimum atomic E-state index is -0.132. The third kappa shape index (κ3) is 4.27. The third-order valence-electron chi connectivity index (χ3n) is 5.25. The summed E-state index contributed by atoms with van der Waals surface area (Å²) >= 11 is 5.97. The molecule has 1 aliphatic rings. The van der Waals surface area contributed by atoms with Crippen LogP contribution in [-0.4, -0.2) is 37.0 Å². The Bertz CT molecular complexity index is 519. The largest absolute Gasteiger partial charge is 0.354 e. The zero-order valence-electron chi connectivity index (χ0n) is 14.7. The summed E-state index contributed by atoms with van der Waals surface area (Å²) in [7, 11) is 4.24. The molecule has 0 heterocycles. The molecule has 1 N–H and O–H groups in total. The molecule has 0 bridgehead atoms. The van der Waals surface area contributed by atoms with Crippen molar-refractivity contribution in [3.8, 4) is 0 Å². The van der Waals surface area contributed by atoms with Gasteiger partial charge in [0.15, 0.2) is 0 Å². The first-order valence-corrected chi connectivity index (χ1v) is 8.94. The van der Waals surface area contributed by atoms with Crippen molar-refractivity contribution in [2.24, 2.45) is 5.92 Å². The molecule has 1 saturated carbocycles. The highest BCUT2D eigenvalue weighted by Crippen LogP contribution is 2.33. The van der Waals surface area contributed by atoms with E-state index < -0.39 is 0 Å². The van der Waals surface area contributed by atoms with Gasteiger partial charge in [-0.3, -0.25) is 4.79 Å². The highest BCUT2D eigenvalue weighted by molar-refractivity contribution is 6.30. The Kier molecular flexibility index (Phi) is 6.10. The molecule has 23 heavy (non-hydrogen) atoms. The molecule has 4 heteroatoms. The number of amides is 1. The normalized spacial score (nSPS) is 18.4. The van der Waals surface area contributed by atoms with Crippen molar-refractivity contribution >= 4 is 17.5 Å². The van der Waals surface area contributed by atoms with E-state index in [4.69, 9.17) is 11.6 Å². The summed E-state index contributed by atoms with van der Waals surface area (Å²) in [5, 5.41) is 3.93. The number of benzene rings is 1. The van der Waals surface area contributed by atoms with Gasteiger partial charge >= 0.3 is 0 Å². The van der Waals surface area contributed by atoms with Crippen LogP contribution >= 0.6 is 11.6 Å². The Balaban J connectivity index is 2.08. The highest BCUT2D eigenvalue weighted by atomic mass is 35.5. The van der Waals surface area contributed by atoms with Crippen molar-refractivity contribution < 1.29 is 4.79 Å². The molecule has 1 amide bonds. The van der Waals surface area contributed by atoms with Gasteiger partial charge in [-0.1, -0.05) is 50.4 Å². The number of halogens is 1. The minimum Gasteiger partial charge on any atom is -0.354 e. The third-order valence-corrected chi connectivity index (χ3v) is 5.50. The quantitative estimate of drug-likeness (QED) is 0.849. The molecule has 1 fully saturated rings. The fraction of sp³-hybridized carbons (Fsp3) is 0.632. The van der Waals surface area contributed by atoms with Crippen molar-refractivity contribution in [1.82, 2.24) is 10.2 Å². The monoisotopic (exact) mass is 336 g/mol. The lowest BCUT2D eigenvalue weighted by Gasteiger charge is -2.37. The van der Waals surface area contributed by atoms with E-state index >= 15 is 0 Å². The molecule has 1 aromatic rings. The van der Waals surface area contributed by atoms with Gasteiger partial charge in [0.2, 0.25) is 5.91 Å². The maximum atomic E-state index is 12.8. The van der Waals surface area contributed by atoms with Crippen LogP contribution in [0.25, 0.3) is 0 Å². The van der Waals surface area contributed by atoms with Crippen molar-refractivity contribution in [2.75, 3.05) is 20.6 Å². The number of carbonyl (C=O) groups excluding carboxylic acids is 1. The Hall–Kier alpha value is -1.06. The van der Waals surface area contributed by atoms with Gasteiger partial charge in [0.25, 0.3) is 0 Å². The van der Waals surface area contributed by atoms with Crippen LogP contribution in [0.1, 0.15) is 51.0 Å². The van der Waals surface area contributed by atoms with Crippen LogP contribution in [0.2, 0.25) is 5.02 Å². The molecule has 0 aromatic heterocycles. The second-order valence-electron chi connectivity index (χ2n) is 7.32. The van der Waals surface area contributed by atoms with Crippen molar-refractivity contribution in [2.45, 2.75) is 51.0 Å². The lowest BCUT2D eigenvalue weighted by Crippen LogP contribution is -2.51. The van der Waals surface area contributed by atoms with Crippen molar-refractivity contribution in [3.05, 3.63) is 34.9 Å². The number of nitrogens with one attached hydrogen (secondary N) is 1. The van der Waals surface area contributed by atoms with Crippen LogP contribution in [0.5, 0.6) is 0 Å². The lowest BCUT2D eigenvalue weighted by atomic mass is 9.87. The van der Waals surface area contributed by atoms with Crippen LogP contribution < -0.4 is 5.32 Å². The van der Waals surface area contributed by atoms with Crippen LogP contribution in [0.3, 0.4) is 0 Å². The first-order chi connectivity index (χ1) is 10.9. The molecule has 2 rings (SSSR count). The summed E-state index contributed by atoms with van der Waals surface area (Å²) in [6.45, 7) is 4.92. The molecule has 128 valence electrons. The first kappa shape index (κ1) is 18.3. The maximum Gasteiger partial charge on any atom is 0.227 e. The number of likely N-dealkylation sites (N-methyl/N-ethyl adjacent to an activating group) is 1. The molecule has 0 radical (unpaired) electrons. The van der Waals surface area contributed by atoms with Gasteiger partial charge in [0.1, 0.15) is 0 Å². The van der Waals surface area contributed by atoms with E-state index in [-0.39, 0.29) is 23.3 Å². The van der Waals surface area contributed by atoms with E-state index in [2.05, 4.69) is 38.2 Å². The number of carbonyl (C=O) groups is 1. The average molecular weight is 337 g/mol. The van der Waals surface area contributed by atoms with Crippen LogP contribution in [0.15, 0.2) is 24.3 Å². The van der Waals surface area contributed by atoms with Gasteiger partial charge in [-0.05, 0) is 50.6 Å². The average Bonchev–Trinajstić information content (AvgIpc) is 2.97. The first-order valence-electron chi connectivity index (χ1n) is 8.56. The van der Waals surface area contributed by atoms with Gasteiger partial charge < -0.3 is 10.2 Å². The highest BCUT2D eigenvalue weighted by Gasteiger charge is 2.37. The number of hydrogen-bond donors (Lipinski definition) is 1. The number of hydrogen-bond acceptors (Lipinski definition) is 2. The summed E-state index contributed by atoms with van der Waals surface area (Å²) < 4.78 is 0. The molecular formula is C19H29ClN2O. The van der Waals surface area contributed by atoms with E-state index in [9.17, 15) is 4.79 Å². The number of nitrogens with zero attached hydrogens (tertiary/aromatic N) is 1. The SMILES string of the molecule is CC(C)[C@H](C(=O)NCC1(N(C)C)CCCC1)c1ccc(Cl)cc1. The minimum absolute atomic E-state index is 0.121. The smallest absolute Gasteiger partial charge is 0.227 e. The van der Waals surface area contributed by atoms with Gasteiger partial charge in [-0.25, -0.2) is 0 Å². The molecule has 0 saturated heterocycles. The summed E-state index contributed by atoms with van der Waals surface area (Å²) in [6.07, 6.45) is 4.82. The van der Waals surface area contributed by atoms with Gasteiger partial charge in [0.05, 0.1) is 5.92 Å². The molecule has 0 unspecified atom stereocenters. The van der Waals surface area contributed by atoms with Crippen LogP contribution in [0.4, 0.5) is 0 Å². The maximum absolute atomic E-state index is 12.8. The molecular weight excluding hydrogens is 308 g/mol. The topological polar surface area (TPSA) is 32.3 Å². The molecule has 3 nitrogen and oxygen atoms in total. The summed E-state index contributed by atoms with van der Waals surface area (Å²) in [4.78, 5) is 15.1. The van der Waals surface area contributed by atoms with Gasteiger partial charge in [-0.2, -0.15) is 0 Å². The Morgan fingerprint density at radius 2 is 1.78 bits per heavy atom. The Morgan fingerprint density at radius 1 is 1.22 bits per heavy atom. The summed E-state index contributed by atoms with van der Waals surface area (Å²) in [6, 6.07) is 7.64. The standard InChI is InChI=1S/C19H29ClN2O/c1-14(2)17(15-7-9-16(20)10-8-15)18(23)21-13-19(22(3)4)11-5-6-12-19/h7-10,14,17H,5-6,11-13H2,1-4H3,(H,21,23)/t17-/m0/s1. The van der Waals surface area contributed by atoms with E-state index in [0.29, 0.717) is 5.02 Å². The summed E-state index contributed by atoms with van der Waals surface area (Å²) in [5.74, 6) is 0.235. The zero-order chi connectivity index (χ0) is 17.0. The van der Waals surface area contributed by atoms with E-state index in [1.54, 1.807) is 0 Å². The summed E-state index contributed by atoms with van der Waals surface area (Å²) in [5.41, 5.74) is 1.16.